The second-order valence-electron chi connectivity index (χ2n) is 8.10. The zero-order chi connectivity index (χ0) is 12.9. The molecule has 108 valence electrons. The van der Waals surface area contributed by atoms with Crippen LogP contribution in [0.2, 0.25) is 0 Å². The highest BCUT2D eigenvalue weighted by atomic mass is 16.5. The largest absolute Gasteiger partial charge is 0.378 e. The maximum atomic E-state index is 6.70. The Morgan fingerprint density at radius 3 is 2.21 bits per heavy atom. The third-order valence-electron chi connectivity index (χ3n) is 6.70. The van der Waals surface area contributed by atoms with Gasteiger partial charge in [-0.3, -0.25) is 0 Å². The van der Waals surface area contributed by atoms with Crippen molar-refractivity contribution in [3.05, 3.63) is 0 Å². The lowest BCUT2D eigenvalue weighted by Crippen LogP contribution is -2.54. The average Bonchev–Trinajstić information content (AvgIpc) is 2.87. The van der Waals surface area contributed by atoms with Crippen molar-refractivity contribution >= 4 is 0 Å². The van der Waals surface area contributed by atoms with Gasteiger partial charge in [0.15, 0.2) is 0 Å². The summed E-state index contributed by atoms with van der Waals surface area (Å²) in [5, 5.41) is 0. The zero-order valence-electron chi connectivity index (χ0n) is 12.2. The van der Waals surface area contributed by atoms with Crippen LogP contribution in [0.1, 0.15) is 64.2 Å². The van der Waals surface area contributed by atoms with Gasteiger partial charge < -0.3 is 10.5 Å². The van der Waals surface area contributed by atoms with Gasteiger partial charge in [0, 0.05) is 12.6 Å². The van der Waals surface area contributed by atoms with Crippen LogP contribution in [0.25, 0.3) is 0 Å². The summed E-state index contributed by atoms with van der Waals surface area (Å²) < 4.78 is 5.77. The molecule has 1 heterocycles. The van der Waals surface area contributed by atoms with E-state index in [0.717, 1.165) is 24.4 Å². The van der Waals surface area contributed by atoms with Crippen molar-refractivity contribution in [1.82, 2.24) is 0 Å². The predicted molar refractivity (Wildman–Crippen MR) is 76.8 cm³/mol. The second-order valence-corrected chi connectivity index (χ2v) is 8.10. The summed E-state index contributed by atoms with van der Waals surface area (Å²) in [4.78, 5) is 0. The van der Waals surface area contributed by atoms with Crippen molar-refractivity contribution in [2.45, 2.75) is 76.4 Å². The van der Waals surface area contributed by atoms with Crippen molar-refractivity contribution in [1.29, 1.82) is 0 Å². The van der Waals surface area contributed by atoms with Gasteiger partial charge in [-0.25, -0.2) is 0 Å². The smallest absolute Gasteiger partial charge is 0.0576 e. The molecule has 2 atom stereocenters. The number of rotatable bonds is 4. The first kappa shape index (κ1) is 12.6. The van der Waals surface area contributed by atoms with Gasteiger partial charge in [0.05, 0.1) is 6.10 Å². The Morgan fingerprint density at radius 2 is 1.68 bits per heavy atom. The first-order valence-corrected chi connectivity index (χ1v) is 8.61. The van der Waals surface area contributed by atoms with E-state index in [9.17, 15) is 0 Å². The molecule has 5 rings (SSSR count). The molecule has 2 unspecified atom stereocenters. The molecule has 4 saturated carbocycles. The molecule has 0 aromatic rings. The third kappa shape index (κ3) is 2.25. The minimum Gasteiger partial charge on any atom is -0.378 e. The number of ether oxygens (including phenoxy) is 1. The van der Waals surface area contributed by atoms with Gasteiger partial charge in [0.25, 0.3) is 0 Å². The van der Waals surface area contributed by atoms with E-state index in [-0.39, 0.29) is 0 Å². The average molecular weight is 263 g/mol. The van der Waals surface area contributed by atoms with E-state index in [1.807, 2.05) is 0 Å². The lowest BCUT2D eigenvalue weighted by Gasteiger charge is -2.59. The highest BCUT2D eigenvalue weighted by molar-refractivity contribution is 5.05. The topological polar surface area (TPSA) is 35.2 Å². The number of hydrogen-bond donors (Lipinski definition) is 1. The van der Waals surface area contributed by atoms with Crippen molar-refractivity contribution in [3.8, 4) is 0 Å². The summed E-state index contributed by atoms with van der Waals surface area (Å²) in [6, 6.07) is 0.449. The Bertz CT molecular complexity index is 299. The van der Waals surface area contributed by atoms with Crippen LogP contribution in [0.15, 0.2) is 0 Å². The lowest BCUT2D eigenvalue weighted by molar-refractivity contribution is -0.0698. The van der Waals surface area contributed by atoms with E-state index in [1.165, 1.54) is 64.2 Å². The summed E-state index contributed by atoms with van der Waals surface area (Å²) in [6.07, 6.45) is 14.4. The van der Waals surface area contributed by atoms with Gasteiger partial charge in [-0.15, -0.1) is 0 Å². The Morgan fingerprint density at radius 1 is 1.05 bits per heavy atom. The molecule has 0 amide bonds. The van der Waals surface area contributed by atoms with Crippen molar-refractivity contribution in [3.63, 3.8) is 0 Å². The van der Waals surface area contributed by atoms with E-state index >= 15 is 0 Å². The molecular formula is C17H29NO. The van der Waals surface area contributed by atoms with Gasteiger partial charge in [-0.1, -0.05) is 0 Å². The van der Waals surface area contributed by atoms with Crippen LogP contribution in [-0.4, -0.2) is 18.8 Å². The molecule has 4 aliphatic carbocycles. The number of nitrogens with two attached hydrogens (primary N) is 1. The molecule has 2 N–H and O–H groups in total. The van der Waals surface area contributed by atoms with Crippen LogP contribution in [0, 0.1) is 23.2 Å². The first-order chi connectivity index (χ1) is 9.23. The van der Waals surface area contributed by atoms with E-state index in [0.29, 0.717) is 17.6 Å². The molecule has 0 aromatic heterocycles. The molecular weight excluding hydrogens is 234 g/mol. The minimum atomic E-state index is 0.449. The summed E-state index contributed by atoms with van der Waals surface area (Å²) in [5.74, 6) is 3.08. The maximum absolute atomic E-state index is 6.70. The van der Waals surface area contributed by atoms with Crippen LogP contribution in [0.5, 0.6) is 0 Å². The van der Waals surface area contributed by atoms with Crippen LogP contribution < -0.4 is 5.73 Å². The maximum Gasteiger partial charge on any atom is 0.0576 e. The highest BCUT2D eigenvalue weighted by Gasteiger charge is 2.53. The van der Waals surface area contributed by atoms with Gasteiger partial charge in [-0.05, 0) is 87.4 Å². The highest BCUT2D eigenvalue weighted by Crippen LogP contribution is 2.61. The van der Waals surface area contributed by atoms with E-state index in [1.54, 1.807) is 0 Å². The molecule has 5 aliphatic rings. The Balaban J connectivity index is 1.40. The molecule has 2 heteroatoms. The Hall–Kier alpha value is -0.0800. The molecule has 1 aliphatic heterocycles. The number of hydrogen-bond acceptors (Lipinski definition) is 2. The van der Waals surface area contributed by atoms with Crippen molar-refractivity contribution < 1.29 is 4.74 Å². The predicted octanol–water partition coefficient (Wildman–Crippen LogP) is 3.49. The van der Waals surface area contributed by atoms with E-state index < -0.39 is 0 Å². The van der Waals surface area contributed by atoms with Gasteiger partial charge in [-0.2, -0.15) is 0 Å². The zero-order valence-corrected chi connectivity index (χ0v) is 12.2. The van der Waals surface area contributed by atoms with Crippen molar-refractivity contribution in [2.24, 2.45) is 28.9 Å². The standard InChI is InChI=1S/C17H29NO/c18-16(4-3-15-2-1-5-19-15)17-9-12-6-13(10-17)8-14(7-12)11-17/h12-16H,1-11,18H2. The summed E-state index contributed by atoms with van der Waals surface area (Å²) >= 11 is 0. The molecule has 19 heavy (non-hydrogen) atoms. The Kier molecular flexibility index (Phi) is 3.15. The van der Waals surface area contributed by atoms with Crippen LogP contribution in [-0.2, 0) is 4.74 Å². The SMILES string of the molecule is NC(CCC1CCCO1)C12CC3CC(CC(C3)C1)C2. The summed E-state index contributed by atoms with van der Waals surface area (Å²) in [5.41, 5.74) is 7.23. The normalized spacial score (nSPS) is 49.7. The Labute approximate surface area is 117 Å². The van der Waals surface area contributed by atoms with Gasteiger partial charge in [0.2, 0.25) is 0 Å². The molecule has 0 spiro atoms. The molecule has 5 fully saturated rings. The summed E-state index contributed by atoms with van der Waals surface area (Å²) in [7, 11) is 0. The second kappa shape index (κ2) is 4.73. The quantitative estimate of drug-likeness (QED) is 0.842. The molecule has 0 radical (unpaired) electrons. The van der Waals surface area contributed by atoms with E-state index in [2.05, 4.69) is 0 Å². The fourth-order valence-corrected chi connectivity index (χ4v) is 6.18. The van der Waals surface area contributed by atoms with Crippen molar-refractivity contribution in [2.75, 3.05) is 6.61 Å². The molecule has 0 aromatic carbocycles. The molecule has 4 bridgehead atoms. The minimum absolute atomic E-state index is 0.449. The summed E-state index contributed by atoms with van der Waals surface area (Å²) in [6.45, 7) is 0.983. The van der Waals surface area contributed by atoms with Crippen LogP contribution in [0.3, 0.4) is 0 Å². The van der Waals surface area contributed by atoms with Gasteiger partial charge in [0.1, 0.15) is 0 Å². The first-order valence-electron chi connectivity index (χ1n) is 8.61. The fraction of sp³-hybridized carbons (Fsp3) is 1.00. The van der Waals surface area contributed by atoms with Crippen LogP contribution in [0.4, 0.5) is 0 Å². The third-order valence-corrected chi connectivity index (χ3v) is 6.70. The molecule has 1 saturated heterocycles. The van der Waals surface area contributed by atoms with E-state index in [4.69, 9.17) is 10.5 Å². The fourth-order valence-electron chi connectivity index (χ4n) is 6.18. The molecule has 2 nitrogen and oxygen atoms in total. The lowest BCUT2D eigenvalue weighted by atomic mass is 9.47. The van der Waals surface area contributed by atoms with Gasteiger partial charge >= 0.3 is 0 Å². The van der Waals surface area contributed by atoms with Crippen LogP contribution >= 0.6 is 0 Å². The monoisotopic (exact) mass is 263 g/mol.